The first-order valence-electron chi connectivity index (χ1n) is 6.26. The van der Waals surface area contributed by atoms with Gasteiger partial charge in [-0.1, -0.05) is 30.8 Å². The fourth-order valence-corrected chi connectivity index (χ4v) is 2.72. The molecule has 1 aromatic rings. The maximum absolute atomic E-state index is 4.25. The molecule has 0 saturated heterocycles. The molecular formula is C13H23N3S. The number of aromatic nitrogens is 2. The van der Waals surface area contributed by atoms with Crippen molar-refractivity contribution in [2.75, 3.05) is 6.54 Å². The van der Waals surface area contributed by atoms with Crippen molar-refractivity contribution in [3.63, 3.8) is 0 Å². The monoisotopic (exact) mass is 253 g/mol. The van der Waals surface area contributed by atoms with E-state index in [1.165, 1.54) is 22.0 Å². The van der Waals surface area contributed by atoms with E-state index in [0.29, 0.717) is 12.0 Å². The van der Waals surface area contributed by atoms with Crippen molar-refractivity contribution in [2.45, 2.75) is 52.5 Å². The molecule has 0 aliphatic rings. The summed E-state index contributed by atoms with van der Waals surface area (Å²) in [7, 11) is 0. The smallest absolute Gasteiger partial charge is 0.0829 e. The minimum absolute atomic E-state index is 0.370. The van der Waals surface area contributed by atoms with E-state index in [0.717, 1.165) is 25.1 Å². The van der Waals surface area contributed by atoms with Gasteiger partial charge < -0.3 is 5.32 Å². The van der Waals surface area contributed by atoms with Crippen molar-refractivity contribution in [3.05, 3.63) is 22.7 Å². The van der Waals surface area contributed by atoms with Crippen LogP contribution in [0.15, 0.2) is 12.2 Å². The third-order valence-corrected chi connectivity index (χ3v) is 3.57. The van der Waals surface area contributed by atoms with Gasteiger partial charge in [-0.2, -0.15) is 0 Å². The number of nitrogens with zero attached hydrogens (tertiary/aromatic N) is 2. The summed E-state index contributed by atoms with van der Waals surface area (Å²) in [5, 5.41) is 7.78. The Bertz CT molecular complexity index is 357. The molecule has 1 atom stereocenters. The van der Waals surface area contributed by atoms with Gasteiger partial charge in [0.05, 0.1) is 10.6 Å². The Morgan fingerprint density at radius 1 is 1.47 bits per heavy atom. The summed E-state index contributed by atoms with van der Waals surface area (Å²) in [4.78, 5) is 1.29. The molecule has 1 heterocycles. The van der Waals surface area contributed by atoms with Crippen LogP contribution in [0.1, 0.15) is 63.1 Å². The summed E-state index contributed by atoms with van der Waals surface area (Å²) < 4.78 is 4.10. The van der Waals surface area contributed by atoms with Gasteiger partial charge >= 0.3 is 0 Å². The molecule has 4 heteroatoms. The third-order valence-electron chi connectivity index (χ3n) is 2.71. The van der Waals surface area contributed by atoms with Gasteiger partial charge in [-0.3, -0.25) is 0 Å². The number of hydrogen-bond acceptors (Lipinski definition) is 4. The number of nitrogens with one attached hydrogen (secondary N) is 1. The highest BCUT2D eigenvalue weighted by Gasteiger charge is 2.20. The molecule has 0 fully saturated rings. The topological polar surface area (TPSA) is 37.8 Å². The first kappa shape index (κ1) is 14.3. The van der Waals surface area contributed by atoms with Crippen LogP contribution >= 0.6 is 11.5 Å². The average Bonchev–Trinajstić information content (AvgIpc) is 2.72. The Morgan fingerprint density at radius 3 is 2.71 bits per heavy atom. The summed E-state index contributed by atoms with van der Waals surface area (Å²) in [5.74, 6) is 0.440. The van der Waals surface area contributed by atoms with E-state index in [2.05, 4.69) is 49.2 Å². The van der Waals surface area contributed by atoms with Crippen LogP contribution < -0.4 is 5.32 Å². The van der Waals surface area contributed by atoms with Crippen molar-refractivity contribution in [1.82, 2.24) is 14.9 Å². The highest BCUT2D eigenvalue weighted by Crippen LogP contribution is 2.29. The van der Waals surface area contributed by atoms with Crippen molar-refractivity contribution in [1.29, 1.82) is 0 Å². The Morgan fingerprint density at radius 2 is 2.18 bits per heavy atom. The minimum Gasteiger partial charge on any atom is -0.309 e. The van der Waals surface area contributed by atoms with E-state index in [1.807, 2.05) is 0 Å². The highest BCUT2D eigenvalue weighted by molar-refractivity contribution is 7.05. The molecule has 0 aromatic carbocycles. The minimum atomic E-state index is 0.370. The van der Waals surface area contributed by atoms with Gasteiger partial charge in [0.15, 0.2) is 0 Å². The van der Waals surface area contributed by atoms with Crippen LogP contribution in [-0.4, -0.2) is 16.1 Å². The van der Waals surface area contributed by atoms with Gasteiger partial charge in [-0.25, -0.2) is 0 Å². The van der Waals surface area contributed by atoms with Gasteiger partial charge in [-0.15, -0.1) is 11.7 Å². The predicted molar refractivity (Wildman–Crippen MR) is 74.5 cm³/mol. The predicted octanol–water partition coefficient (Wildman–Crippen LogP) is 3.67. The lowest BCUT2D eigenvalue weighted by molar-refractivity contribution is 0.515. The molecule has 1 N–H and O–H groups in total. The summed E-state index contributed by atoms with van der Waals surface area (Å²) in [6.45, 7) is 13.5. The molecule has 0 aliphatic carbocycles. The summed E-state index contributed by atoms with van der Waals surface area (Å²) in [6.07, 6.45) is 2.12. The molecule has 0 amide bonds. The number of rotatable bonds is 7. The van der Waals surface area contributed by atoms with E-state index in [9.17, 15) is 0 Å². The molecule has 0 bridgehead atoms. The zero-order valence-corrected chi connectivity index (χ0v) is 12.1. The van der Waals surface area contributed by atoms with Gasteiger partial charge in [-0.05, 0) is 43.8 Å². The van der Waals surface area contributed by atoms with Crippen LogP contribution in [-0.2, 0) is 0 Å². The van der Waals surface area contributed by atoms with Crippen LogP contribution in [0.25, 0.3) is 0 Å². The first-order chi connectivity index (χ1) is 8.06. The summed E-state index contributed by atoms with van der Waals surface area (Å²) in [5.41, 5.74) is 2.37. The van der Waals surface area contributed by atoms with Crippen LogP contribution in [0.3, 0.4) is 0 Å². The maximum atomic E-state index is 4.25. The number of hydrogen-bond donors (Lipinski definition) is 1. The van der Waals surface area contributed by atoms with Crippen molar-refractivity contribution in [2.24, 2.45) is 0 Å². The molecule has 0 spiro atoms. The normalized spacial score (nSPS) is 13.0. The van der Waals surface area contributed by atoms with Gasteiger partial charge in [0.2, 0.25) is 0 Å². The van der Waals surface area contributed by atoms with Crippen LogP contribution in [0.4, 0.5) is 0 Å². The summed E-state index contributed by atoms with van der Waals surface area (Å²) in [6, 6.07) is 0.370. The van der Waals surface area contributed by atoms with Crippen molar-refractivity contribution in [3.8, 4) is 0 Å². The SMILES string of the molecule is C=C(C)CCC(NCC)c1snnc1C(C)C. The quantitative estimate of drug-likeness (QED) is 0.753. The molecular weight excluding hydrogens is 230 g/mol. The first-order valence-corrected chi connectivity index (χ1v) is 7.03. The van der Waals surface area contributed by atoms with E-state index < -0.39 is 0 Å². The Balaban J connectivity index is 2.81. The molecule has 1 unspecified atom stereocenters. The fourth-order valence-electron chi connectivity index (χ4n) is 1.81. The lowest BCUT2D eigenvalue weighted by atomic mass is 10.0. The molecule has 0 aliphatic heterocycles. The fraction of sp³-hybridized carbons (Fsp3) is 0.692. The molecule has 3 nitrogen and oxygen atoms in total. The van der Waals surface area contributed by atoms with Crippen LogP contribution in [0.2, 0.25) is 0 Å². The number of allylic oxidation sites excluding steroid dienone is 1. The largest absolute Gasteiger partial charge is 0.309 e. The second-order valence-electron chi connectivity index (χ2n) is 4.78. The zero-order valence-electron chi connectivity index (χ0n) is 11.3. The molecule has 1 rings (SSSR count). The Kier molecular flexibility index (Phi) is 5.78. The van der Waals surface area contributed by atoms with E-state index in [1.54, 1.807) is 0 Å². The van der Waals surface area contributed by atoms with E-state index in [-0.39, 0.29) is 0 Å². The van der Waals surface area contributed by atoms with Gasteiger partial charge in [0, 0.05) is 6.04 Å². The Hall–Kier alpha value is -0.740. The second-order valence-corrected chi connectivity index (χ2v) is 5.57. The van der Waals surface area contributed by atoms with Crippen LogP contribution in [0.5, 0.6) is 0 Å². The zero-order chi connectivity index (χ0) is 12.8. The third kappa shape index (κ3) is 4.21. The lowest BCUT2D eigenvalue weighted by Gasteiger charge is -2.18. The van der Waals surface area contributed by atoms with Gasteiger partial charge in [0.25, 0.3) is 0 Å². The van der Waals surface area contributed by atoms with E-state index in [4.69, 9.17) is 0 Å². The molecule has 0 radical (unpaired) electrons. The molecule has 96 valence electrons. The highest BCUT2D eigenvalue weighted by atomic mass is 32.1. The molecule has 1 aromatic heterocycles. The van der Waals surface area contributed by atoms with E-state index >= 15 is 0 Å². The molecule has 0 saturated carbocycles. The average molecular weight is 253 g/mol. The summed E-state index contributed by atoms with van der Waals surface area (Å²) >= 11 is 1.52. The van der Waals surface area contributed by atoms with Crippen LogP contribution in [0, 0.1) is 0 Å². The standard InChI is InChI=1S/C13H23N3S/c1-6-14-11(8-7-9(2)3)13-12(10(4)5)15-16-17-13/h10-11,14H,2,6-8H2,1,3-5H3. The molecule has 17 heavy (non-hydrogen) atoms. The van der Waals surface area contributed by atoms with Crippen molar-refractivity contribution >= 4 is 11.5 Å². The van der Waals surface area contributed by atoms with Crippen molar-refractivity contribution < 1.29 is 0 Å². The second kappa shape index (κ2) is 6.87. The van der Waals surface area contributed by atoms with Gasteiger partial charge in [0.1, 0.15) is 0 Å². The Labute approximate surface area is 108 Å². The maximum Gasteiger partial charge on any atom is 0.0829 e. The lowest BCUT2D eigenvalue weighted by Crippen LogP contribution is -2.21.